The maximum Gasteiger partial charge on any atom is 0.239 e. The van der Waals surface area contributed by atoms with Crippen LogP contribution < -0.4 is 10.6 Å². The first-order valence-corrected chi connectivity index (χ1v) is 7.64. The lowest BCUT2D eigenvalue weighted by atomic mass is 10.1. The van der Waals surface area contributed by atoms with Crippen molar-refractivity contribution < 1.29 is 13.6 Å². The molecule has 1 heterocycles. The van der Waals surface area contributed by atoms with Gasteiger partial charge in [0.05, 0.1) is 12.2 Å². The smallest absolute Gasteiger partial charge is 0.239 e. The number of halogens is 2. The monoisotopic (exact) mass is 329 g/mol. The standard InChI is InChI=1S/C18H17F2N3O/c19-13-5-6-17(15(20)9-13)23-11-18(24)21-8-7-12-10-22-16-4-2-1-3-14(12)16/h1-6,9-10,22-23H,7-8,11H2,(H,21,24). The van der Waals surface area contributed by atoms with Crippen molar-refractivity contribution in [1.29, 1.82) is 0 Å². The number of fused-ring (bicyclic) bond motifs is 1. The molecular weight excluding hydrogens is 312 g/mol. The minimum atomic E-state index is -0.721. The topological polar surface area (TPSA) is 56.9 Å². The summed E-state index contributed by atoms with van der Waals surface area (Å²) in [5.74, 6) is -1.62. The second-order valence-electron chi connectivity index (χ2n) is 5.44. The van der Waals surface area contributed by atoms with Crippen molar-refractivity contribution in [2.45, 2.75) is 6.42 Å². The molecule has 0 spiro atoms. The third kappa shape index (κ3) is 3.71. The van der Waals surface area contributed by atoms with Gasteiger partial charge >= 0.3 is 0 Å². The molecule has 1 amide bonds. The Bertz CT molecular complexity index is 860. The molecule has 6 heteroatoms. The normalized spacial score (nSPS) is 10.8. The zero-order valence-corrected chi connectivity index (χ0v) is 12.9. The van der Waals surface area contributed by atoms with Gasteiger partial charge in [-0.2, -0.15) is 0 Å². The predicted octanol–water partition coefficient (Wildman–Crippen LogP) is 3.22. The van der Waals surface area contributed by atoms with Gasteiger partial charge < -0.3 is 15.6 Å². The van der Waals surface area contributed by atoms with E-state index in [-0.39, 0.29) is 18.1 Å². The summed E-state index contributed by atoms with van der Waals surface area (Å²) in [6.45, 7) is 0.407. The van der Waals surface area contributed by atoms with Crippen molar-refractivity contribution in [3.05, 3.63) is 65.9 Å². The molecule has 0 aliphatic rings. The highest BCUT2D eigenvalue weighted by molar-refractivity contribution is 5.83. The van der Waals surface area contributed by atoms with E-state index in [1.165, 1.54) is 6.07 Å². The molecule has 0 atom stereocenters. The van der Waals surface area contributed by atoms with E-state index in [4.69, 9.17) is 0 Å². The highest BCUT2D eigenvalue weighted by atomic mass is 19.1. The van der Waals surface area contributed by atoms with Crippen LogP contribution in [0.4, 0.5) is 14.5 Å². The van der Waals surface area contributed by atoms with Crippen molar-refractivity contribution in [2.24, 2.45) is 0 Å². The first-order chi connectivity index (χ1) is 11.6. The Labute approximate surface area is 137 Å². The molecule has 1 aromatic heterocycles. The molecule has 0 aliphatic heterocycles. The minimum Gasteiger partial charge on any atom is -0.374 e. The third-order valence-corrected chi connectivity index (χ3v) is 3.76. The fraction of sp³-hybridized carbons (Fsp3) is 0.167. The van der Waals surface area contributed by atoms with Crippen molar-refractivity contribution in [1.82, 2.24) is 10.3 Å². The average molecular weight is 329 g/mol. The van der Waals surface area contributed by atoms with E-state index in [1.54, 1.807) is 0 Å². The van der Waals surface area contributed by atoms with Gasteiger partial charge in [0, 0.05) is 29.7 Å². The van der Waals surface area contributed by atoms with Crippen LogP contribution in [0.25, 0.3) is 10.9 Å². The van der Waals surface area contributed by atoms with Crippen molar-refractivity contribution in [3.8, 4) is 0 Å². The lowest BCUT2D eigenvalue weighted by Gasteiger charge is -2.08. The number of aromatic nitrogens is 1. The second-order valence-corrected chi connectivity index (χ2v) is 5.44. The van der Waals surface area contributed by atoms with E-state index >= 15 is 0 Å². The molecule has 0 saturated carbocycles. The number of amides is 1. The van der Waals surface area contributed by atoms with E-state index < -0.39 is 11.6 Å². The fourth-order valence-corrected chi connectivity index (χ4v) is 2.55. The van der Waals surface area contributed by atoms with Crippen molar-refractivity contribution in [2.75, 3.05) is 18.4 Å². The first-order valence-electron chi connectivity index (χ1n) is 7.64. The highest BCUT2D eigenvalue weighted by Crippen LogP contribution is 2.17. The van der Waals surface area contributed by atoms with Crippen LogP contribution in [0, 0.1) is 11.6 Å². The summed E-state index contributed by atoms with van der Waals surface area (Å²) in [5.41, 5.74) is 2.29. The molecular formula is C18H17F2N3O. The summed E-state index contributed by atoms with van der Waals surface area (Å²) in [7, 11) is 0. The summed E-state index contributed by atoms with van der Waals surface area (Å²) in [6.07, 6.45) is 2.63. The molecule has 3 N–H and O–H groups in total. The summed E-state index contributed by atoms with van der Waals surface area (Å²) >= 11 is 0. The molecule has 0 aliphatic carbocycles. The van der Waals surface area contributed by atoms with Crippen molar-refractivity contribution >= 4 is 22.5 Å². The molecule has 3 rings (SSSR count). The van der Waals surface area contributed by atoms with Crippen LogP contribution in [-0.4, -0.2) is 24.0 Å². The zero-order chi connectivity index (χ0) is 16.9. The van der Waals surface area contributed by atoms with Crippen LogP contribution in [0.2, 0.25) is 0 Å². The quantitative estimate of drug-likeness (QED) is 0.650. The fourth-order valence-electron chi connectivity index (χ4n) is 2.55. The Morgan fingerprint density at radius 2 is 1.96 bits per heavy atom. The van der Waals surface area contributed by atoms with Gasteiger partial charge in [0.25, 0.3) is 0 Å². The Morgan fingerprint density at radius 3 is 2.79 bits per heavy atom. The summed E-state index contributed by atoms with van der Waals surface area (Å²) in [4.78, 5) is 15.0. The van der Waals surface area contributed by atoms with Gasteiger partial charge in [-0.25, -0.2) is 8.78 Å². The molecule has 0 bridgehead atoms. The second kappa shape index (κ2) is 7.12. The molecule has 4 nitrogen and oxygen atoms in total. The summed E-state index contributed by atoms with van der Waals surface area (Å²) in [6, 6.07) is 11.1. The number of para-hydroxylation sites is 1. The molecule has 124 valence electrons. The molecule has 0 unspecified atom stereocenters. The number of carbonyl (C=O) groups is 1. The Hall–Kier alpha value is -2.89. The lowest BCUT2D eigenvalue weighted by molar-refractivity contribution is -0.119. The van der Waals surface area contributed by atoms with Gasteiger partial charge in [-0.1, -0.05) is 18.2 Å². The number of nitrogens with one attached hydrogen (secondary N) is 3. The minimum absolute atomic E-state index is 0.0730. The van der Waals surface area contributed by atoms with Crippen LogP contribution >= 0.6 is 0 Å². The van der Waals surface area contributed by atoms with Gasteiger partial charge in [0.2, 0.25) is 5.91 Å². The van der Waals surface area contributed by atoms with Crippen LogP contribution in [0.3, 0.4) is 0 Å². The lowest BCUT2D eigenvalue weighted by Crippen LogP contribution is -2.31. The van der Waals surface area contributed by atoms with Gasteiger partial charge in [0.15, 0.2) is 0 Å². The molecule has 24 heavy (non-hydrogen) atoms. The number of benzene rings is 2. The van der Waals surface area contributed by atoms with Crippen LogP contribution in [0.15, 0.2) is 48.7 Å². The number of hydrogen-bond donors (Lipinski definition) is 3. The number of rotatable bonds is 6. The Balaban J connectivity index is 1.47. The highest BCUT2D eigenvalue weighted by Gasteiger charge is 2.07. The number of anilines is 1. The van der Waals surface area contributed by atoms with Crippen LogP contribution in [-0.2, 0) is 11.2 Å². The molecule has 0 fully saturated rings. The van der Waals surface area contributed by atoms with Gasteiger partial charge in [-0.3, -0.25) is 4.79 Å². The summed E-state index contributed by atoms with van der Waals surface area (Å²) in [5, 5.41) is 6.57. The molecule has 0 saturated heterocycles. The van der Waals surface area contributed by atoms with Gasteiger partial charge in [-0.15, -0.1) is 0 Å². The maximum atomic E-state index is 13.4. The predicted molar refractivity (Wildman–Crippen MR) is 89.9 cm³/mol. The van der Waals surface area contributed by atoms with Crippen molar-refractivity contribution in [3.63, 3.8) is 0 Å². The van der Waals surface area contributed by atoms with E-state index in [0.29, 0.717) is 13.0 Å². The number of hydrogen-bond acceptors (Lipinski definition) is 2. The summed E-state index contributed by atoms with van der Waals surface area (Å²) < 4.78 is 26.3. The number of carbonyl (C=O) groups excluding carboxylic acids is 1. The van der Waals surface area contributed by atoms with Gasteiger partial charge in [0.1, 0.15) is 11.6 Å². The molecule has 2 aromatic carbocycles. The Morgan fingerprint density at radius 1 is 1.12 bits per heavy atom. The van der Waals surface area contributed by atoms with E-state index in [2.05, 4.69) is 15.6 Å². The number of H-pyrrole nitrogens is 1. The van der Waals surface area contributed by atoms with Crippen LogP contribution in [0.1, 0.15) is 5.56 Å². The SMILES string of the molecule is O=C(CNc1ccc(F)cc1F)NCCc1c[nH]c2ccccc12. The molecule has 0 radical (unpaired) electrons. The van der Waals surface area contributed by atoms with E-state index in [0.717, 1.165) is 28.6 Å². The van der Waals surface area contributed by atoms with Crippen LogP contribution in [0.5, 0.6) is 0 Å². The number of aromatic amines is 1. The van der Waals surface area contributed by atoms with E-state index in [1.807, 2.05) is 30.5 Å². The van der Waals surface area contributed by atoms with Gasteiger partial charge in [-0.05, 0) is 30.2 Å². The zero-order valence-electron chi connectivity index (χ0n) is 12.9. The third-order valence-electron chi connectivity index (χ3n) is 3.76. The van der Waals surface area contributed by atoms with E-state index in [9.17, 15) is 13.6 Å². The Kier molecular flexibility index (Phi) is 4.74. The first kappa shape index (κ1) is 16.0. The maximum absolute atomic E-state index is 13.4. The molecule has 3 aromatic rings. The largest absolute Gasteiger partial charge is 0.374 e. The average Bonchev–Trinajstić information content (AvgIpc) is 2.97.